The van der Waals surface area contributed by atoms with E-state index in [0.717, 1.165) is 50.0 Å². The molecular formula is C32H35N5O6. The van der Waals surface area contributed by atoms with Crippen LogP contribution in [-0.2, 0) is 14.4 Å². The van der Waals surface area contributed by atoms with Gasteiger partial charge >= 0.3 is 5.97 Å². The maximum Gasteiger partial charge on any atom is 0.335 e. The highest BCUT2D eigenvalue weighted by Gasteiger charge is 2.29. The van der Waals surface area contributed by atoms with Gasteiger partial charge in [0.1, 0.15) is 0 Å². The SMILES string of the molecule is CC(=O)O.CN1CCN(CC(=O)N(C)c2ccc(N/C(=C3\C(=O)Nc4cc(C(=O)O)ccc43)c3ccccc3)cc2)CC1. The normalized spacial score (nSPS) is 15.8. The molecule has 0 spiro atoms. The fourth-order valence-corrected chi connectivity index (χ4v) is 4.80. The van der Waals surface area contributed by atoms with Gasteiger partial charge in [0.05, 0.1) is 29.1 Å². The van der Waals surface area contributed by atoms with Crippen molar-refractivity contribution in [1.82, 2.24) is 9.80 Å². The lowest BCUT2D eigenvalue weighted by atomic mass is 9.99. The summed E-state index contributed by atoms with van der Waals surface area (Å²) in [5, 5.41) is 23.0. The maximum absolute atomic E-state index is 13.1. The monoisotopic (exact) mass is 585 g/mol. The number of fused-ring (bicyclic) bond motifs is 1. The number of benzene rings is 3. The van der Waals surface area contributed by atoms with Crippen molar-refractivity contribution in [2.24, 2.45) is 0 Å². The summed E-state index contributed by atoms with van der Waals surface area (Å²) in [6.45, 7) is 5.14. The molecule has 0 atom stereocenters. The fourth-order valence-electron chi connectivity index (χ4n) is 4.80. The van der Waals surface area contributed by atoms with Crippen molar-refractivity contribution < 1.29 is 29.4 Å². The van der Waals surface area contributed by atoms with Crippen molar-refractivity contribution >= 4 is 52.1 Å². The third-order valence-corrected chi connectivity index (χ3v) is 7.18. The van der Waals surface area contributed by atoms with E-state index in [-0.39, 0.29) is 17.4 Å². The summed E-state index contributed by atoms with van der Waals surface area (Å²) in [6.07, 6.45) is 0. The van der Waals surface area contributed by atoms with Crippen molar-refractivity contribution in [2.45, 2.75) is 6.92 Å². The zero-order chi connectivity index (χ0) is 31.1. The number of amides is 2. The van der Waals surface area contributed by atoms with Crippen molar-refractivity contribution in [3.63, 3.8) is 0 Å². The van der Waals surface area contributed by atoms with E-state index in [2.05, 4.69) is 27.5 Å². The number of piperazine rings is 1. The molecule has 2 aliphatic rings. The molecule has 4 N–H and O–H groups in total. The van der Waals surface area contributed by atoms with E-state index in [0.29, 0.717) is 29.1 Å². The van der Waals surface area contributed by atoms with Crippen LogP contribution in [0.2, 0.25) is 0 Å². The van der Waals surface area contributed by atoms with Crippen molar-refractivity contribution in [2.75, 3.05) is 62.4 Å². The summed E-state index contributed by atoms with van der Waals surface area (Å²) >= 11 is 0. The Bertz CT molecular complexity index is 1530. The lowest BCUT2D eigenvalue weighted by Gasteiger charge is -2.32. The number of nitrogens with one attached hydrogen (secondary N) is 2. The maximum atomic E-state index is 13.1. The number of likely N-dealkylation sites (N-methyl/N-ethyl adjacent to an activating group) is 2. The molecule has 0 saturated carbocycles. The summed E-state index contributed by atoms with van der Waals surface area (Å²) in [6, 6.07) is 21.6. The Kier molecular flexibility index (Phi) is 9.91. The van der Waals surface area contributed by atoms with Crippen molar-refractivity contribution in [3.8, 4) is 0 Å². The number of carbonyl (C=O) groups excluding carboxylic acids is 2. The quantitative estimate of drug-likeness (QED) is 0.306. The van der Waals surface area contributed by atoms with Crippen LogP contribution in [0.1, 0.15) is 28.4 Å². The van der Waals surface area contributed by atoms with Gasteiger partial charge in [0.15, 0.2) is 0 Å². The van der Waals surface area contributed by atoms with E-state index in [4.69, 9.17) is 9.90 Å². The Morgan fingerprint density at radius 3 is 2.14 bits per heavy atom. The molecule has 1 saturated heterocycles. The molecule has 43 heavy (non-hydrogen) atoms. The second kappa shape index (κ2) is 13.8. The van der Waals surface area contributed by atoms with Crippen LogP contribution >= 0.6 is 0 Å². The number of anilines is 3. The number of carboxylic acid groups (broad SMARTS) is 2. The van der Waals surface area contributed by atoms with Gasteiger partial charge in [-0.1, -0.05) is 36.4 Å². The van der Waals surface area contributed by atoms with Crippen LogP contribution in [0.4, 0.5) is 17.1 Å². The van der Waals surface area contributed by atoms with E-state index in [9.17, 15) is 19.5 Å². The largest absolute Gasteiger partial charge is 0.481 e. The molecule has 11 nitrogen and oxygen atoms in total. The lowest BCUT2D eigenvalue weighted by molar-refractivity contribution is -0.134. The molecule has 3 aromatic carbocycles. The Morgan fingerprint density at radius 2 is 1.53 bits per heavy atom. The molecule has 224 valence electrons. The van der Waals surface area contributed by atoms with Gasteiger partial charge in [0.2, 0.25) is 5.91 Å². The van der Waals surface area contributed by atoms with Crippen LogP contribution in [0.5, 0.6) is 0 Å². The number of rotatable bonds is 7. The molecule has 2 aliphatic heterocycles. The van der Waals surface area contributed by atoms with Crippen LogP contribution in [-0.4, -0.2) is 90.6 Å². The van der Waals surface area contributed by atoms with E-state index < -0.39 is 11.9 Å². The molecule has 2 amide bonds. The average molecular weight is 586 g/mol. The van der Waals surface area contributed by atoms with Crippen LogP contribution in [0, 0.1) is 0 Å². The van der Waals surface area contributed by atoms with Crippen LogP contribution in [0.3, 0.4) is 0 Å². The van der Waals surface area contributed by atoms with Crippen molar-refractivity contribution in [3.05, 3.63) is 89.5 Å². The predicted molar refractivity (Wildman–Crippen MR) is 166 cm³/mol. The summed E-state index contributed by atoms with van der Waals surface area (Å²) in [7, 11) is 3.87. The first-order chi connectivity index (χ1) is 20.5. The molecular weight excluding hydrogens is 550 g/mol. The molecule has 1 fully saturated rings. The van der Waals surface area contributed by atoms with Crippen LogP contribution in [0.25, 0.3) is 11.3 Å². The highest BCUT2D eigenvalue weighted by atomic mass is 16.4. The molecule has 11 heteroatoms. The van der Waals surface area contributed by atoms with Gasteiger partial charge in [-0.05, 0) is 49.0 Å². The Balaban J connectivity index is 0.000000996. The molecule has 3 aromatic rings. The molecule has 2 heterocycles. The van der Waals surface area contributed by atoms with Gasteiger partial charge in [-0.3, -0.25) is 19.3 Å². The zero-order valence-corrected chi connectivity index (χ0v) is 24.3. The second-order valence-corrected chi connectivity index (χ2v) is 10.4. The summed E-state index contributed by atoms with van der Waals surface area (Å²) < 4.78 is 0. The van der Waals surface area contributed by atoms with Crippen LogP contribution in [0.15, 0.2) is 72.8 Å². The third kappa shape index (κ3) is 7.85. The number of nitrogens with zero attached hydrogens (tertiary/aromatic N) is 3. The minimum Gasteiger partial charge on any atom is -0.481 e. The summed E-state index contributed by atoms with van der Waals surface area (Å²) in [5.74, 6) is -2.17. The first kappa shape index (κ1) is 30.9. The first-order valence-electron chi connectivity index (χ1n) is 13.8. The predicted octanol–water partition coefficient (Wildman–Crippen LogP) is 3.62. The number of carboxylic acids is 2. The Morgan fingerprint density at radius 1 is 0.907 bits per heavy atom. The molecule has 0 bridgehead atoms. The van der Waals surface area contributed by atoms with Crippen molar-refractivity contribution in [1.29, 1.82) is 0 Å². The first-order valence-corrected chi connectivity index (χ1v) is 13.8. The molecule has 5 rings (SSSR count). The van der Waals surface area contributed by atoms with E-state index in [1.54, 1.807) is 18.0 Å². The van der Waals surface area contributed by atoms with E-state index >= 15 is 0 Å². The van der Waals surface area contributed by atoms with Gasteiger partial charge in [-0.15, -0.1) is 0 Å². The molecule has 0 unspecified atom stereocenters. The van der Waals surface area contributed by atoms with E-state index in [1.165, 1.54) is 12.1 Å². The molecule has 0 aromatic heterocycles. The number of aromatic carboxylic acids is 1. The molecule has 0 radical (unpaired) electrons. The summed E-state index contributed by atoms with van der Waals surface area (Å²) in [4.78, 5) is 52.5. The van der Waals surface area contributed by atoms with Gasteiger partial charge in [-0.25, -0.2) is 4.79 Å². The lowest BCUT2D eigenvalue weighted by Crippen LogP contribution is -2.48. The zero-order valence-electron chi connectivity index (χ0n) is 24.3. The molecule has 0 aliphatic carbocycles. The highest BCUT2D eigenvalue weighted by molar-refractivity contribution is 6.37. The number of hydrogen-bond donors (Lipinski definition) is 4. The number of aliphatic carboxylic acids is 1. The van der Waals surface area contributed by atoms with E-state index in [1.807, 2.05) is 54.6 Å². The fraction of sp³-hybridized carbons (Fsp3) is 0.250. The Hall–Kier alpha value is -5.00. The minimum absolute atomic E-state index is 0.0346. The minimum atomic E-state index is -1.06. The van der Waals surface area contributed by atoms with Gasteiger partial charge in [0, 0.05) is 57.1 Å². The standard InChI is InChI=1S/C30H31N5O4.C2H4O2/c1-33-14-16-35(17-15-33)19-26(36)34(2)23-11-9-22(10-12-23)31-28(20-6-4-3-5-7-20)27-24-13-8-21(30(38)39)18-25(24)32-29(27)37;1-2(3)4/h3-13,18,31H,14-17,19H2,1-2H3,(H,32,37)(H,38,39);1H3,(H,3,4)/b28-27-;. The topological polar surface area (TPSA) is 143 Å². The Labute approximate surface area is 250 Å². The third-order valence-electron chi connectivity index (χ3n) is 7.18. The average Bonchev–Trinajstić information content (AvgIpc) is 3.31. The van der Waals surface area contributed by atoms with Gasteiger partial charge in [-0.2, -0.15) is 0 Å². The van der Waals surface area contributed by atoms with Crippen LogP contribution < -0.4 is 15.5 Å². The number of carbonyl (C=O) groups is 4. The summed E-state index contributed by atoms with van der Waals surface area (Å²) in [5.41, 5.74) is 4.54. The van der Waals surface area contributed by atoms with Gasteiger partial charge < -0.3 is 30.6 Å². The smallest absolute Gasteiger partial charge is 0.335 e. The van der Waals surface area contributed by atoms with Gasteiger partial charge in [0.25, 0.3) is 11.9 Å². The number of hydrogen-bond acceptors (Lipinski definition) is 7. The highest BCUT2D eigenvalue weighted by Crippen LogP contribution is 2.38. The second-order valence-electron chi connectivity index (χ2n) is 10.4.